The second-order valence-electron chi connectivity index (χ2n) is 5.37. The van der Waals surface area contributed by atoms with Crippen molar-refractivity contribution in [2.24, 2.45) is 0 Å². The third-order valence-corrected chi connectivity index (χ3v) is 3.96. The molecule has 0 aliphatic carbocycles. The van der Waals surface area contributed by atoms with Gasteiger partial charge in [0.05, 0.1) is 0 Å². The van der Waals surface area contributed by atoms with Gasteiger partial charge < -0.3 is 4.90 Å². The van der Waals surface area contributed by atoms with Crippen molar-refractivity contribution in [3.63, 3.8) is 0 Å². The SMILES string of the molecule is CC(CC(C)N1CCCCC1)c1cccnc1. The van der Waals surface area contributed by atoms with E-state index in [4.69, 9.17) is 0 Å². The summed E-state index contributed by atoms with van der Waals surface area (Å²) in [5, 5.41) is 0. The molecule has 1 saturated heterocycles. The van der Waals surface area contributed by atoms with Crippen molar-refractivity contribution < 1.29 is 0 Å². The van der Waals surface area contributed by atoms with Gasteiger partial charge in [-0.3, -0.25) is 4.98 Å². The highest BCUT2D eigenvalue weighted by Gasteiger charge is 2.19. The van der Waals surface area contributed by atoms with Gasteiger partial charge in [0.2, 0.25) is 0 Å². The first-order valence-electron chi connectivity index (χ1n) is 6.91. The smallest absolute Gasteiger partial charge is 0.0302 e. The molecule has 0 aromatic carbocycles. The van der Waals surface area contributed by atoms with Gasteiger partial charge in [-0.25, -0.2) is 0 Å². The summed E-state index contributed by atoms with van der Waals surface area (Å²) >= 11 is 0. The summed E-state index contributed by atoms with van der Waals surface area (Å²) in [5.41, 5.74) is 1.37. The Labute approximate surface area is 105 Å². The van der Waals surface area contributed by atoms with E-state index in [1.165, 1.54) is 44.3 Å². The minimum Gasteiger partial charge on any atom is -0.301 e. The van der Waals surface area contributed by atoms with Crippen molar-refractivity contribution in [1.82, 2.24) is 9.88 Å². The highest BCUT2D eigenvalue weighted by Crippen LogP contribution is 2.23. The minimum atomic E-state index is 0.612. The van der Waals surface area contributed by atoms with Crippen LogP contribution in [0, 0.1) is 0 Å². The fraction of sp³-hybridized carbons (Fsp3) is 0.667. The molecule has 0 radical (unpaired) electrons. The minimum absolute atomic E-state index is 0.612. The maximum atomic E-state index is 4.21. The van der Waals surface area contributed by atoms with E-state index in [2.05, 4.69) is 29.8 Å². The number of pyridine rings is 1. The lowest BCUT2D eigenvalue weighted by Crippen LogP contribution is -2.38. The van der Waals surface area contributed by atoms with Gasteiger partial charge in [0.25, 0.3) is 0 Å². The Morgan fingerprint density at radius 2 is 2.00 bits per heavy atom. The number of hydrogen-bond acceptors (Lipinski definition) is 2. The summed E-state index contributed by atoms with van der Waals surface area (Å²) in [5.74, 6) is 0.612. The van der Waals surface area contributed by atoms with Crippen LogP contribution in [-0.2, 0) is 0 Å². The van der Waals surface area contributed by atoms with Gasteiger partial charge in [0, 0.05) is 18.4 Å². The monoisotopic (exact) mass is 232 g/mol. The van der Waals surface area contributed by atoms with Crippen LogP contribution in [0.1, 0.15) is 51.0 Å². The highest BCUT2D eigenvalue weighted by molar-refractivity contribution is 5.13. The molecule has 94 valence electrons. The molecular formula is C15H24N2. The van der Waals surface area contributed by atoms with Crippen molar-refractivity contribution in [1.29, 1.82) is 0 Å². The summed E-state index contributed by atoms with van der Waals surface area (Å²) in [6.07, 6.45) is 9.28. The molecule has 1 aromatic heterocycles. The molecule has 0 bridgehead atoms. The van der Waals surface area contributed by atoms with E-state index in [-0.39, 0.29) is 0 Å². The van der Waals surface area contributed by atoms with Gasteiger partial charge in [-0.1, -0.05) is 19.4 Å². The third kappa shape index (κ3) is 3.53. The van der Waals surface area contributed by atoms with Crippen molar-refractivity contribution in [2.45, 2.75) is 51.5 Å². The Kier molecular flexibility index (Phi) is 4.55. The van der Waals surface area contributed by atoms with Crippen molar-refractivity contribution in [2.75, 3.05) is 13.1 Å². The summed E-state index contributed by atoms with van der Waals surface area (Å²) < 4.78 is 0. The molecule has 0 spiro atoms. The highest BCUT2D eigenvalue weighted by atomic mass is 15.1. The molecule has 17 heavy (non-hydrogen) atoms. The van der Waals surface area contributed by atoms with Crippen molar-refractivity contribution in [3.8, 4) is 0 Å². The maximum Gasteiger partial charge on any atom is 0.0302 e. The van der Waals surface area contributed by atoms with Crippen LogP contribution < -0.4 is 0 Å². The van der Waals surface area contributed by atoms with Crippen LogP contribution in [0.15, 0.2) is 24.5 Å². The number of rotatable bonds is 4. The number of aromatic nitrogens is 1. The summed E-state index contributed by atoms with van der Waals surface area (Å²) in [7, 11) is 0. The fourth-order valence-corrected chi connectivity index (χ4v) is 2.82. The Hall–Kier alpha value is -0.890. The molecule has 2 rings (SSSR count). The van der Waals surface area contributed by atoms with Crippen LogP contribution in [0.25, 0.3) is 0 Å². The zero-order valence-electron chi connectivity index (χ0n) is 11.1. The Morgan fingerprint density at radius 3 is 2.65 bits per heavy atom. The maximum absolute atomic E-state index is 4.21. The van der Waals surface area contributed by atoms with Crippen molar-refractivity contribution in [3.05, 3.63) is 30.1 Å². The van der Waals surface area contributed by atoms with E-state index >= 15 is 0 Å². The van der Waals surface area contributed by atoms with E-state index in [9.17, 15) is 0 Å². The molecule has 1 fully saturated rings. The first-order valence-corrected chi connectivity index (χ1v) is 6.91. The van der Waals surface area contributed by atoms with E-state index in [0.29, 0.717) is 12.0 Å². The average Bonchev–Trinajstić information content (AvgIpc) is 2.40. The first kappa shape index (κ1) is 12.6. The zero-order valence-corrected chi connectivity index (χ0v) is 11.1. The molecule has 0 saturated carbocycles. The molecule has 1 aromatic rings. The van der Waals surface area contributed by atoms with Gasteiger partial charge in [-0.15, -0.1) is 0 Å². The van der Waals surface area contributed by atoms with Gasteiger partial charge in [-0.05, 0) is 56.8 Å². The predicted octanol–water partition coefficient (Wildman–Crippen LogP) is 3.45. The van der Waals surface area contributed by atoms with E-state index in [1.54, 1.807) is 0 Å². The lowest BCUT2D eigenvalue weighted by Gasteiger charge is -2.33. The van der Waals surface area contributed by atoms with Crippen LogP contribution in [0.4, 0.5) is 0 Å². The van der Waals surface area contributed by atoms with E-state index in [1.807, 2.05) is 18.5 Å². The lowest BCUT2D eigenvalue weighted by atomic mass is 9.94. The molecule has 2 atom stereocenters. The van der Waals surface area contributed by atoms with Crippen LogP contribution in [-0.4, -0.2) is 29.0 Å². The standard InChI is InChI=1S/C15H24N2/c1-13(15-7-6-8-16-12-15)11-14(2)17-9-4-3-5-10-17/h6-8,12-14H,3-5,9-11H2,1-2H3. The van der Waals surface area contributed by atoms with Crippen LogP contribution in [0.2, 0.25) is 0 Å². The Balaban J connectivity index is 1.87. The second kappa shape index (κ2) is 6.15. The van der Waals surface area contributed by atoms with Crippen LogP contribution in [0.5, 0.6) is 0 Å². The average molecular weight is 232 g/mol. The zero-order chi connectivity index (χ0) is 12.1. The molecule has 1 aliphatic rings. The summed E-state index contributed by atoms with van der Waals surface area (Å²) in [6.45, 7) is 7.28. The fourth-order valence-electron chi connectivity index (χ4n) is 2.82. The Morgan fingerprint density at radius 1 is 1.24 bits per heavy atom. The molecule has 0 N–H and O–H groups in total. The normalized spacial score (nSPS) is 21.1. The van der Waals surface area contributed by atoms with Gasteiger partial charge in [0.1, 0.15) is 0 Å². The van der Waals surface area contributed by atoms with E-state index < -0.39 is 0 Å². The number of hydrogen-bond donors (Lipinski definition) is 0. The molecule has 2 nitrogen and oxygen atoms in total. The molecular weight excluding hydrogens is 208 g/mol. The number of piperidine rings is 1. The number of nitrogens with zero attached hydrogens (tertiary/aromatic N) is 2. The number of likely N-dealkylation sites (tertiary alicyclic amines) is 1. The Bertz CT molecular complexity index is 317. The van der Waals surface area contributed by atoms with Crippen LogP contribution >= 0.6 is 0 Å². The lowest BCUT2D eigenvalue weighted by molar-refractivity contribution is 0.161. The third-order valence-electron chi connectivity index (χ3n) is 3.96. The van der Waals surface area contributed by atoms with Crippen LogP contribution in [0.3, 0.4) is 0 Å². The second-order valence-corrected chi connectivity index (χ2v) is 5.37. The molecule has 0 amide bonds. The largest absolute Gasteiger partial charge is 0.301 e. The summed E-state index contributed by atoms with van der Waals surface area (Å²) in [4.78, 5) is 6.86. The van der Waals surface area contributed by atoms with E-state index in [0.717, 1.165) is 0 Å². The topological polar surface area (TPSA) is 16.1 Å². The first-order chi connectivity index (χ1) is 8.27. The van der Waals surface area contributed by atoms with Crippen molar-refractivity contribution >= 4 is 0 Å². The molecule has 2 unspecified atom stereocenters. The van der Waals surface area contributed by atoms with Gasteiger partial charge in [-0.2, -0.15) is 0 Å². The predicted molar refractivity (Wildman–Crippen MR) is 72.2 cm³/mol. The summed E-state index contributed by atoms with van der Waals surface area (Å²) in [6, 6.07) is 4.93. The quantitative estimate of drug-likeness (QED) is 0.790. The molecule has 2 heterocycles. The molecule has 2 heteroatoms. The molecule has 1 aliphatic heterocycles. The van der Waals surface area contributed by atoms with Gasteiger partial charge >= 0.3 is 0 Å². The van der Waals surface area contributed by atoms with Gasteiger partial charge in [0.15, 0.2) is 0 Å².